The third-order valence-electron chi connectivity index (χ3n) is 1.47. The van der Waals surface area contributed by atoms with Gasteiger partial charge in [0.05, 0.1) is 10.6 Å². The van der Waals surface area contributed by atoms with Crippen molar-refractivity contribution in [1.82, 2.24) is 0 Å². The Morgan fingerprint density at radius 2 is 1.80 bits per heavy atom. The van der Waals surface area contributed by atoms with E-state index >= 15 is 0 Å². The first kappa shape index (κ1) is 12.0. The molecule has 0 N–H and O–H groups in total. The van der Waals surface area contributed by atoms with Gasteiger partial charge in [-0.25, -0.2) is 0 Å². The minimum atomic E-state index is -4.70. The van der Waals surface area contributed by atoms with Crippen LogP contribution in [-0.2, 0) is 6.18 Å². The number of alkyl halides is 5. The summed E-state index contributed by atoms with van der Waals surface area (Å²) in [7, 11) is 0. The highest BCUT2D eigenvalue weighted by Crippen LogP contribution is 2.36. The Bertz CT molecular complexity index is 349. The Hall–Kier alpha value is -1.04. The zero-order chi connectivity index (χ0) is 11.6. The van der Waals surface area contributed by atoms with Gasteiger partial charge in [-0.05, 0) is 18.2 Å². The topological polar surface area (TPSA) is 9.23 Å². The average Bonchev–Trinajstić information content (AvgIpc) is 2.05. The summed E-state index contributed by atoms with van der Waals surface area (Å²) in [5.74, 6) is -0.582. The molecule has 0 fully saturated rings. The van der Waals surface area contributed by atoms with Crippen LogP contribution in [0.4, 0.5) is 22.0 Å². The van der Waals surface area contributed by atoms with Gasteiger partial charge < -0.3 is 4.74 Å². The van der Waals surface area contributed by atoms with Crippen molar-refractivity contribution in [3.63, 3.8) is 0 Å². The fourth-order valence-electron chi connectivity index (χ4n) is 0.898. The number of hydrogen-bond acceptors (Lipinski definition) is 1. The molecule has 7 heteroatoms. The zero-order valence-electron chi connectivity index (χ0n) is 6.99. The Kier molecular flexibility index (Phi) is 3.38. The second kappa shape index (κ2) is 4.22. The summed E-state index contributed by atoms with van der Waals surface area (Å²) in [6, 6.07) is 2.21. The molecule has 0 heterocycles. The van der Waals surface area contributed by atoms with Gasteiger partial charge in [0, 0.05) is 0 Å². The molecule has 0 saturated carbocycles. The lowest BCUT2D eigenvalue weighted by Gasteiger charge is -2.11. The van der Waals surface area contributed by atoms with Gasteiger partial charge in [0.2, 0.25) is 0 Å². The summed E-state index contributed by atoms with van der Waals surface area (Å²) in [6.07, 6.45) is -4.70. The molecule has 0 radical (unpaired) electrons. The summed E-state index contributed by atoms with van der Waals surface area (Å²) in [5, 5.41) is -0.566. The Morgan fingerprint density at radius 3 is 2.27 bits per heavy atom. The SMILES string of the molecule is FC(F)Oc1ccc(Cl)c(C(F)(F)F)c1. The molecule has 1 aromatic carbocycles. The summed E-state index contributed by atoms with van der Waals surface area (Å²) >= 11 is 5.25. The lowest BCUT2D eigenvalue weighted by molar-refractivity contribution is -0.137. The van der Waals surface area contributed by atoms with Gasteiger partial charge >= 0.3 is 12.8 Å². The molecule has 0 atom stereocenters. The molecule has 0 aromatic heterocycles. The van der Waals surface area contributed by atoms with E-state index in [2.05, 4.69) is 4.74 Å². The summed E-state index contributed by atoms with van der Waals surface area (Å²) in [6.45, 7) is -3.17. The molecule has 0 aliphatic heterocycles. The second-order valence-corrected chi connectivity index (χ2v) is 2.93. The van der Waals surface area contributed by atoms with Crippen molar-refractivity contribution in [1.29, 1.82) is 0 Å². The molecule has 0 spiro atoms. The molecule has 0 saturated heterocycles. The third kappa shape index (κ3) is 3.23. The molecule has 0 aliphatic rings. The molecule has 1 nitrogen and oxygen atoms in total. The summed E-state index contributed by atoms with van der Waals surface area (Å²) in [4.78, 5) is 0. The summed E-state index contributed by atoms with van der Waals surface area (Å²) < 4.78 is 64.0. The van der Waals surface area contributed by atoms with E-state index < -0.39 is 29.1 Å². The first-order valence-electron chi connectivity index (χ1n) is 3.62. The number of benzene rings is 1. The van der Waals surface area contributed by atoms with Crippen LogP contribution in [-0.4, -0.2) is 6.61 Å². The van der Waals surface area contributed by atoms with Crippen LogP contribution in [0.15, 0.2) is 18.2 Å². The highest BCUT2D eigenvalue weighted by atomic mass is 35.5. The van der Waals surface area contributed by atoms with Crippen molar-refractivity contribution in [2.24, 2.45) is 0 Å². The van der Waals surface area contributed by atoms with E-state index in [1.165, 1.54) is 0 Å². The van der Waals surface area contributed by atoms with Gasteiger partial charge in [0.15, 0.2) is 0 Å². The fourth-order valence-corrected chi connectivity index (χ4v) is 1.12. The molecule has 84 valence electrons. The smallest absolute Gasteiger partial charge is 0.417 e. The molecule has 0 bridgehead atoms. The van der Waals surface area contributed by atoms with Crippen molar-refractivity contribution in [3.05, 3.63) is 28.8 Å². The summed E-state index contributed by atoms with van der Waals surface area (Å²) in [5.41, 5.74) is -1.21. The van der Waals surface area contributed by atoms with Gasteiger partial charge in [-0.3, -0.25) is 0 Å². The van der Waals surface area contributed by atoms with Gasteiger partial charge in [-0.2, -0.15) is 22.0 Å². The molecule has 0 amide bonds. The molecular weight excluding hydrogens is 243 g/mol. The number of ether oxygens (including phenoxy) is 1. The van der Waals surface area contributed by atoms with Crippen molar-refractivity contribution < 1.29 is 26.7 Å². The van der Waals surface area contributed by atoms with E-state index in [1.54, 1.807) is 0 Å². The van der Waals surface area contributed by atoms with E-state index in [0.717, 1.165) is 12.1 Å². The Balaban J connectivity index is 3.06. The van der Waals surface area contributed by atoms with Crippen LogP contribution in [0.2, 0.25) is 5.02 Å². The monoisotopic (exact) mass is 246 g/mol. The van der Waals surface area contributed by atoms with Crippen molar-refractivity contribution in [2.75, 3.05) is 0 Å². The maximum Gasteiger partial charge on any atom is 0.417 e. The predicted molar refractivity (Wildman–Crippen MR) is 43.1 cm³/mol. The lowest BCUT2D eigenvalue weighted by Crippen LogP contribution is -2.08. The molecular formula is C8H4ClF5O. The van der Waals surface area contributed by atoms with Crippen LogP contribution >= 0.6 is 11.6 Å². The van der Waals surface area contributed by atoms with Crippen LogP contribution in [0, 0.1) is 0 Å². The average molecular weight is 247 g/mol. The Labute approximate surface area is 86.4 Å². The highest BCUT2D eigenvalue weighted by Gasteiger charge is 2.33. The van der Waals surface area contributed by atoms with E-state index in [1.807, 2.05) is 0 Å². The van der Waals surface area contributed by atoms with Crippen LogP contribution in [0.1, 0.15) is 5.56 Å². The zero-order valence-corrected chi connectivity index (χ0v) is 7.74. The predicted octanol–water partition coefficient (Wildman–Crippen LogP) is 3.96. The molecule has 1 aromatic rings. The molecule has 15 heavy (non-hydrogen) atoms. The minimum Gasteiger partial charge on any atom is -0.435 e. The van der Waals surface area contributed by atoms with E-state index in [0.29, 0.717) is 6.07 Å². The minimum absolute atomic E-state index is 0.425. The van der Waals surface area contributed by atoms with Gasteiger partial charge in [-0.15, -0.1) is 0 Å². The Morgan fingerprint density at radius 1 is 1.20 bits per heavy atom. The molecule has 0 unspecified atom stereocenters. The quantitative estimate of drug-likeness (QED) is 0.718. The van der Waals surface area contributed by atoms with Crippen molar-refractivity contribution in [2.45, 2.75) is 12.8 Å². The van der Waals surface area contributed by atoms with E-state index in [4.69, 9.17) is 11.6 Å². The number of hydrogen-bond donors (Lipinski definition) is 0. The van der Waals surface area contributed by atoms with Gasteiger partial charge in [0.25, 0.3) is 0 Å². The first-order chi connectivity index (χ1) is 6.80. The van der Waals surface area contributed by atoms with Gasteiger partial charge in [0.1, 0.15) is 5.75 Å². The highest BCUT2D eigenvalue weighted by molar-refractivity contribution is 6.31. The maximum absolute atomic E-state index is 12.2. The van der Waals surface area contributed by atoms with Crippen LogP contribution in [0.5, 0.6) is 5.75 Å². The van der Waals surface area contributed by atoms with E-state index in [-0.39, 0.29) is 0 Å². The second-order valence-electron chi connectivity index (χ2n) is 2.52. The van der Waals surface area contributed by atoms with Crippen LogP contribution < -0.4 is 4.74 Å². The normalized spacial score (nSPS) is 11.9. The largest absolute Gasteiger partial charge is 0.435 e. The lowest BCUT2D eigenvalue weighted by atomic mass is 10.2. The number of rotatable bonds is 2. The molecule has 1 rings (SSSR count). The van der Waals surface area contributed by atoms with Crippen LogP contribution in [0.3, 0.4) is 0 Å². The maximum atomic E-state index is 12.2. The van der Waals surface area contributed by atoms with Crippen LogP contribution in [0.25, 0.3) is 0 Å². The fraction of sp³-hybridized carbons (Fsp3) is 0.250. The first-order valence-corrected chi connectivity index (χ1v) is 4.00. The van der Waals surface area contributed by atoms with Crippen molar-refractivity contribution >= 4 is 11.6 Å². The van der Waals surface area contributed by atoms with E-state index in [9.17, 15) is 22.0 Å². The molecule has 0 aliphatic carbocycles. The van der Waals surface area contributed by atoms with Crippen molar-refractivity contribution in [3.8, 4) is 5.75 Å². The number of halogens is 6. The van der Waals surface area contributed by atoms with Gasteiger partial charge in [-0.1, -0.05) is 11.6 Å². The third-order valence-corrected chi connectivity index (χ3v) is 1.80. The standard InChI is InChI=1S/C8H4ClF5O/c9-6-2-1-4(15-7(10)11)3-5(6)8(12,13)14/h1-3,7H.